The summed E-state index contributed by atoms with van der Waals surface area (Å²) in [6, 6.07) is 0. The van der Waals surface area contributed by atoms with Crippen molar-refractivity contribution in [2.45, 2.75) is 45.1 Å². The minimum absolute atomic E-state index is 0.0242. The molecule has 1 amide bonds. The van der Waals surface area contributed by atoms with Crippen LogP contribution in [0.4, 0.5) is 0 Å². The van der Waals surface area contributed by atoms with Crippen molar-refractivity contribution in [3.8, 4) is 0 Å². The topological polar surface area (TPSA) is 97.1 Å². The SMILES string of the molecule is CCCCNC(=O)Cn1nnc(C(=O)O)c1C1CC1. The molecule has 0 aromatic carbocycles. The Morgan fingerprint density at radius 1 is 1.47 bits per heavy atom. The molecule has 1 aromatic heterocycles. The molecule has 0 radical (unpaired) electrons. The van der Waals surface area contributed by atoms with Crippen LogP contribution in [-0.2, 0) is 11.3 Å². The molecule has 104 valence electrons. The van der Waals surface area contributed by atoms with Gasteiger partial charge in [-0.25, -0.2) is 9.48 Å². The maximum Gasteiger partial charge on any atom is 0.358 e. The molecule has 1 fully saturated rings. The summed E-state index contributed by atoms with van der Waals surface area (Å²) in [5.41, 5.74) is 0.557. The quantitative estimate of drug-likeness (QED) is 0.710. The zero-order chi connectivity index (χ0) is 13.8. The number of aromatic nitrogens is 3. The third-order valence-electron chi connectivity index (χ3n) is 3.09. The fourth-order valence-corrected chi connectivity index (χ4v) is 1.95. The highest BCUT2D eigenvalue weighted by molar-refractivity contribution is 5.87. The average molecular weight is 266 g/mol. The Bertz CT molecular complexity index is 479. The fraction of sp³-hybridized carbons (Fsp3) is 0.667. The van der Waals surface area contributed by atoms with Crippen LogP contribution in [0.5, 0.6) is 0 Å². The Morgan fingerprint density at radius 3 is 2.79 bits per heavy atom. The summed E-state index contributed by atoms with van der Waals surface area (Å²) in [5, 5.41) is 19.3. The number of carbonyl (C=O) groups excluding carboxylic acids is 1. The molecule has 0 atom stereocenters. The normalized spacial score (nSPS) is 14.4. The largest absolute Gasteiger partial charge is 0.476 e. The van der Waals surface area contributed by atoms with Crippen molar-refractivity contribution in [3.63, 3.8) is 0 Å². The van der Waals surface area contributed by atoms with Gasteiger partial charge in [-0.1, -0.05) is 18.6 Å². The van der Waals surface area contributed by atoms with Crippen LogP contribution in [0, 0.1) is 0 Å². The highest BCUT2D eigenvalue weighted by Crippen LogP contribution is 2.41. The first-order chi connectivity index (χ1) is 9.13. The number of carboxylic acid groups (broad SMARTS) is 1. The predicted molar refractivity (Wildman–Crippen MR) is 66.9 cm³/mol. The molecule has 1 saturated carbocycles. The number of hydrogen-bond acceptors (Lipinski definition) is 4. The molecule has 0 spiro atoms. The van der Waals surface area contributed by atoms with Gasteiger partial charge in [-0.05, 0) is 19.3 Å². The fourth-order valence-electron chi connectivity index (χ4n) is 1.95. The number of hydrogen-bond donors (Lipinski definition) is 2. The van der Waals surface area contributed by atoms with E-state index >= 15 is 0 Å². The Balaban J connectivity index is 2.03. The zero-order valence-corrected chi connectivity index (χ0v) is 10.9. The van der Waals surface area contributed by atoms with Crippen LogP contribution >= 0.6 is 0 Å². The summed E-state index contributed by atoms with van der Waals surface area (Å²) in [6.07, 6.45) is 3.81. The van der Waals surface area contributed by atoms with E-state index in [-0.39, 0.29) is 24.1 Å². The molecule has 1 aliphatic rings. The number of nitrogens with zero attached hydrogens (tertiary/aromatic N) is 3. The first-order valence-corrected chi connectivity index (χ1v) is 6.56. The van der Waals surface area contributed by atoms with Gasteiger partial charge in [0.05, 0.1) is 5.69 Å². The Kier molecular flexibility index (Phi) is 4.13. The van der Waals surface area contributed by atoms with Crippen molar-refractivity contribution in [2.75, 3.05) is 6.54 Å². The minimum Gasteiger partial charge on any atom is -0.476 e. The first kappa shape index (κ1) is 13.5. The summed E-state index contributed by atoms with van der Waals surface area (Å²) in [4.78, 5) is 22.8. The van der Waals surface area contributed by atoms with Crippen LogP contribution in [0.25, 0.3) is 0 Å². The maximum atomic E-state index is 11.7. The van der Waals surface area contributed by atoms with Crippen LogP contribution in [-0.4, -0.2) is 38.5 Å². The monoisotopic (exact) mass is 266 g/mol. The van der Waals surface area contributed by atoms with Gasteiger partial charge in [0.15, 0.2) is 5.69 Å². The van der Waals surface area contributed by atoms with E-state index in [1.165, 1.54) is 4.68 Å². The van der Waals surface area contributed by atoms with Crippen molar-refractivity contribution >= 4 is 11.9 Å². The lowest BCUT2D eigenvalue weighted by atomic mass is 10.2. The Hall–Kier alpha value is -1.92. The van der Waals surface area contributed by atoms with Crippen molar-refractivity contribution in [1.82, 2.24) is 20.3 Å². The molecule has 0 unspecified atom stereocenters. The molecule has 1 heterocycles. The molecule has 2 rings (SSSR count). The Labute approximate surface area is 111 Å². The molecule has 0 bridgehead atoms. The molecule has 19 heavy (non-hydrogen) atoms. The van der Waals surface area contributed by atoms with Gasteiger partial charge in [0.2, 0.25) is 5.91 Å². The third-order valence-corrected chi connectivity index (χ3v) is 3.09. The van der Waals surface area contributed by atoms with Gasteiger partial charge in [0, 0.05) is 12.5 Å². The van der Waals surface area contributed by atoms with Gasteiger partial charge in [0.1, 0.15) is 6.54 Å². The zero-order valence-electron chi connectivity index (χ0n) is 10.9. The van der Waals surface area contributed by atoms with E-state index in [0.717, 1.165) is 25.7 Å². The van der Waals surface area contributed by atoms with Crippen molar-refractivity contribution < 1.29 is 14.7 Å². The van der Waals surface area contributed by atoms with E-state index in [0.29, 0.717) is 12.2 Å². The smallest absolute Gasteiger partial charge is 0.358 e. The lowest BCUT2D eigenvalue weighted by Gasteiger charge is -2.07. The second kappa shape index (κ2) is 5.81. The van der Waals surface area contributed by atoms with Gasteiger partial charge >= 0.3 is 5.97 Å². The molecule has 0 aliphatic heterocycles. The number of nitrogens with one attached hydrogen (secondary N) is 1. The molecule has 1 aliphatic carbocycles. The van der Waals surface area contributed by atoms with E-state index in [1.807, 2.05) is 6.92 Å². The van der Waals surface area contributed by atoms with E-state index < -0.39 is 5.97 Å². The maximum absolute atomic E-state index is 11.7. The van der Waals surface area contributed by atoms with Crippen molar-refractivity contribution in [1.29, 1.82) is 0 Å². The minimum atomic E-state index is -1.08. The number of carboxylic acids is 1. The number of amides is 1. The highest BCUT2D eigenvalue weighted by Gasteiger charge is 2.34. The standard InChI is InChI=1S/C12H18N4O3/c1-2-3-6-13-9(17)7-16-11(8-4-5-8)10(12(18)19)14-15-16/h8H,2-7H2,1H3,(H,13,17)(H,18,19). The third kappa shape index (κ3) is 3.30. The van der Waals surface area contributed by atoms with Gasteiger partial charge in [-0.2, -0.15) is 0 Å². The van der Waals surface area contributed by atoms with Crippen LogP contribution in [0.3, 0.4) is 0 Å². The summed E-state index contributed by atoms with van der Waals surface area (Å²) in [7, 11) is 0. The molecule has 1 aromatic rings. The van der Waals surface area contributed by atoms with Crippen LogP contribution in [0.15, 0.2) is 0 Å². The number of carbonyl (C=O) groups is 2. The van der Waals surface area contributed by atoms with E-state index in [1.54, 1.807) is 0 Å². The molecule has 7 nitrogen and oxygen atoms in total. The van der Waals surface area contributed by atoms with Crippen molar-refractivity contribution in [3.05, 3.63) is 11.4 Å². The van der Waals surface area contributed by atoms with Gasteiger partial charge < -0.3 is 10.4 Å². The number of rotatable bonds is 7. The molecule has 0 saturated heterocycles. The summed E-state index contributed by atoms with van der Waals surface area (Å²) >= 11 is 0. The van der Waals surface area contributed by atoms with Crippen LogP contribution < -0.4 is 5.32 Å². The lowest BCUT2D eigenvalue weighted by molar-refractivity contribution is -0.121. The summed E-state index contributed by atoms with van der Waals surface area (Å²) < 4.78 is 1.42. The second-order valence-electron chi connectivity index (χ2n) is 4.76. The molecule has 2 N–H and O–H groups in total. The Morgan fingerprint density at radius 2 is 2.21 bits per heavy atom. The van der Waals surface area contributed by atoms with E-state index in [4.69, 9.17) is 5.11 Å². The lowest BCUT2D eigenvalue weighted by Crippen LogP contribution is -2.29. The van der Waals surface area contributed by atoms with Crippen molar-refractivity contribution in [2.24, 2.45) is 0 Å². The number of unbranched alkanes of at least 4 members (excludes halogenated alkanes) is 1. The highest BCUT2D eigenvalue weighted by atomic mass is 16.4. The van der Waals surface area contributed by atoms with Crippen LogP contribution in [0.1, 0.15) is 54.7 Å². The summed E-state index contributed by atoms with van der Waals surface area (Å²) in [6.45, 7) is 2.72. The van der Waals surface area contributed by atoms with Gasteiger partial charge in [-0.3, -0.25) is 4.79 Å². The van der Waals surface area contributed by atoms with Gasteiger partial charge in [0.25, 0.3) is 0 Å². The van der Waals surface area contributed by atoms with Crippen LogP contribution in [0.2, 0.25) is 0 Å². The molecular formula is C12H18N4O3. The second-order valence-corrected chi connectivity index (χ2v) is 4.76. The average Bonchev–Trinajstić information content (AvgIpc) is 3.11. The van der Waals surface area contributed by atoms with E-state index in [9.17, 15) is 9.59 Å². The predicted octanol–water partition coefficient (Wildman–Crippen LogP) is 0.770. The first-order valence-electron chi connectivity index (χ1n) is 6.56. The number of aromatic carboxylic acids is 1. The van der Waals surface area contributed by atoms with Gasteiger partial charge in [-0.15, -0.1) is 5.10 Å². The molecular weight excluding hydrogens is 248 g/mol. The molecule has 7 heteroatoms. The van der Waals surface area contributed by atoms with E-state index in [2.05, 4.69) is 15.6 Å². The summed E-state index contributed by atoms with van der Waals surface area (Å²) in [5.74, 6) is -1.05.